The lowest BCUT2D eigenvalue weighted by Gasteiger charge is -2.33. The molecule has 0 atom stereocenters. The Labute approximate surface area is 182 Å². The zero-order chi connectivity index (χ0) is 23.2. The van der Waals surface area contributed by atoms with Gasteiger partial charge in [-0.25, -0.2) is 22.0 Å². The van der Waals surface area contributed by atoms with Gasteiger partial charge in [0.2, 0.25) is 0 Å². The molecular formula is C21H31F2NO6S. The van der Waals surface area contributed by atoms with Gasteiger partial charge in [0.15, 0.2) is 21.4 Å². The fourth-order valence-corrected chi connectivity index (χ4v) is 4.47. The van der Waals surface area contributed by atoms with Crippen LogP contribution in [0.4, 0.5) is 13.6 Å². The molecule has 2 rings (SSSR count). The number of halogens is 2. The summed E-state index contributed by atoms with van der Waals surface area (Å²) in [5.74, 6) is -2.71. The molecule has 1 aliphatic heterocycles. The molecule has 31 heavy (non-hydrogen) atoms. The molecule has 1 aromatic rings. The molecule has 0 spiro atoms. The number of ether oxygens (including phenoxy) is 2. The fourth-order valence-electron chi connectivity index (χ4n) is 3.37. The number of hydrogen-bond acceptors (Lipinski definition) is 6. The SMILES string of the molecule is CC(C)(C)OC(=O)N1CCC(CCCOc2cc(F)c(S(=O)(=O)CCO)cc2F)CC1. The van der Waals surface area contributed by atoms with Crippen molar-refractivity contribution in [3.63, 3.8) is 0 Å². The third kappa shape index (κ3) is 7.60. The molecule has 0 saturated carbocycles. The lowest BCUT2D eigenvalue weighted by molar-refractivity contribution is 0.0179. The van der Waals surface area contributed by atoms with E-state index in [1.54, 1.807) is 4.90 Å². The molecule has 1 fully saturated rings. The van der Waals surface area contributed by atoms with Gasteiger partial charge in [-0.05, 0) is 58.4 Å². The van der Waals surface area contributed by atoms with Gasteiger partial charge in [0.1, 0.15) is 16.3 Å². The first kappa shape index (κ1) is 25.3. The zero-order valence-electron chi connectivity index (χ0n) is 18.2. The molecule has 1 aliphatic rings. The number of nitrogens with zero attached hydrogens (tertiary/aromatic N) is 1. The van der Waals surface area contributed by atoms with Gasteiger partial charge >= 0.3 is 6.09 Å². The summed E-state index contributed by atoms with van der Waals surface area (Å²) < 4.78 is 62.6. The van der Waals surface area contributed by atoms with Crippen LogP contribution < -0.4 is 4.74 Å². The van der Waals surface area contributed by atoms with Gasteiger partial charge in [-0.15, -0.1) is 0 Å². The lowest BCUT2D eigenvalue weighted by Crippen LogP contribution is -2.41. The van der Waals surface area contributed by atoms with Gasteiger partial charge in [0.25, 0.3) is 0 Å². The van der Waals surface area contributed by atoms with Crippen molar-refractivity contribution in [3.8, 4) is 5.75 Å². The Balaban J connectivity index is 1.79. The second-order valence-electron chi connectivity index (χ2n) is 8.66. The van der Waals surface area contributed by atoms with E-state index in [4.69, 9.17) is 14.6 Å². The van der Waals surface area contributed by atoms with E-state index in [1.807, 2.05) is 20.8 Å². The van der Waals surface area contributed by atoms with Crippen LogP contribution in [0.25, 0.3) is 0 Å². The molecule has 1 saturated heterocycles. The van der Waals surface area contributed by atoms with Crippen LogP contribution in [0.1, 0.15) is 46.5 Å². The maximum absolute atomic E-state index is 14.2. The van der Waals surface area contributed by atoms with Crippen molar-refractivity contribution in [2.24, 2.45) is 5.92 Å². The van der Waals surface area contributed by atoms with Crippen molar-refractivity contribution in [1.82, 2.24) is 4.90 Å². The number of benzene rings is 1. The summed E-state index contributed by atoms with van der Waals surface area (Å²) in [5, 5.41) is 8.77. The first-order valence-corrected chi connectivity index (χ1v) is 12.0. The summed E-state index contributed by atoms with van der Waals surface area (Å²) >= 11 is 0. The Morgan fingerprint density at radius 3 is 2.42 bits per heavy atom. The quantitative estimate of drug-likeness (QED) is 0.593. The number of aliphatic hydroxyl groups excluding tert-OH is 1. The summed E-state index contributed by atoms with van der Waals surface area (Å²) in [4.78, 5) is 13.0. The second kappa shape index (κ2) is 10.6. The average molecular weight is 464 g/mol. The van der Waals surface area contributed by atoms with Crippen LogP contribution in [0.3, 0.4) is 0 Å². The number of likely N-dealkylation sites (tertiary alicyclic amines) is 1. The number of sulfone groups is 1. The standard InChI is InChI=1S/C21H31F2NO6S/c1-21(2,3)30-20(26)24-8-6-15(7-9-24)5-4-11-29-18-13-17(23)19(14-16(18)22)31(27,28)12-10-25/h13-15,25H,4-12H2,1-3H3. The highest BCUT2D eigenvalue weighted by Gasteiger charge is 2.27. The van der Waals surface area contributed by atoms with Crippen molar-refractivity contribution < 1.29 is 36.6 Å². The van der Waals surface area contributed by atoms with Crippen molar-refractivity contribution >= 4 is 15.9 Å². The molecule has 1 amide bonds. The number of carbonyl (C=O) groups is 1. The summed E-state index contributed by atoms with van der Waals surface area (Å²) in [6.07, 6.45) is 2.79. The number of piperidine rings is 1. The Hall–Kier alpha value is -1.94. The highest BCUT2D eigenvalue weighted by molar-refractivity contribution is 7.91. The molecular weight excluding hydrogens is 432 g/mol. The summed E-state index contributed by atoms with van der Waals surface area (Å²) in [6.45, 7) is 6.19. The molecule has 10 heteroatoms. The van der Waals surface area contributed by atoms with Crippen molar-refractivity contribution in [2.45, 2.75) is 57.0 Å². The Morgan fingerprint density at radius 1 is 1.19 bits per heavy atom. The van der Waals surface area contributed by atoms with Gasteiger partial charge in [0, 0.05) is 19.2 Å². The zero-order valence-corrected chi connectivity index (χ0v) is 19.0. The molecule has 1 N–H and O–H groups in total. The van der Waals surface area contributed by atoms with Crippen LogP contribution in [0.5, 0.6) is 5.75 Å². The van der Waals surface area contributed by atoms with E-state index >= 15 is 0 Å². The monoisotopic (exact) mass is 463 g/mol. The normalized spacial score (nSPS) is 15.7. The molecule has 0 radical (unpaired) electrons. The van der Waals surface area contributed by atoms with Crippen LogP contribution in [0, 0.1) is 17.6 Å². The first-order valence-electron chi connectivity index (χ1n) is 10.4. The minimum atomic E-state index is -4.10. The van der Waals surface area contributed by atoms with Crippen LogP contribution >= 0.6 is 0 Å². The number of carbonyl (C=O) groups excluding carboxylic acids is 1. The molecule has 0 unspecified atom stereocenters. The topological polar surface area (TPSA) is 93.1 Å². The van der Waals surface area contributed by atoms with Crippen LogP contribution in [0.15, 0.2) is 17.0 Å². The predicted octanol–water partition coefficient (Wildman–Crippen LogP) is 3.54. The van der Waals surface area contributed by atoms with Gasteiger partial charge in [-0.3, -0.25) is 0 Å². The minimum Gasteiger partial charge on any atom is -0.490 e. The van der Waals surface area contributed by atoms with E-state index < -0.39 is 44.3 Å². The number of amides is 1. The maximum Gasteiger partial charge on any atom is 0.410 e. The van der Waals surface area contributed by atoms with E-state index in [1.165, 1.54) is 0 Å². The van der Waals surface area contributed by atoms with Gasteiger partial charge in [-0.1, -0.05) is 0 Å². The van der Waals surface area contributed by atoms with Gasteiger partial charge < -0.3 is 19.5 Å². The Morgan fingerprint density at radius 2 is 1.84 bits per heavy atom. The summed E-state index contributed by atoms with van der Waals surface area (Å²) in [7, 11) is -4.10. The van der Waals surface area contributed by atoms with Crippen molar-refractivity contribution in [3.05, 3.63) is 23.8 Å². The van der Waals surface area contributed by atoms with Crippen LogP contribution in [-0.4, -0.2) is 62.2 Å². The fraction of sp³-hybridized carbons (Fsp3) is 0.667. The highest BCUT2D eigenvalue weighted by atomic mass is 32.2. The lowest BCUT2D eigenvalue weighted by atomic mass is 9.92. The van der Waals surface area contributed by atoms with Crippen molar-refractivity contribution in [1.29, 1.82) is 0 Å². The second-order valence-corrected chi connectivity index (χ2v) is 10.7. The Kier molecular flexibility index (Phi) is 8.65. The Bertz CT molecular complexity index is 861. The van der Waals surface area contributed by atoms with E-state index in [-0.39, 0.29) is 18.4 Å². The van der Waals surface area contributed by atoms with Crippen LogP contribution in [-0.2, 0) is 14.6 Å². The van der Waals surface area contributed by atoms with Gasteiger partial charge in [0.05, 0.1) is 19.0 Å². The smallest absolute Gasteiger partial charge is 0.410 e. The minimum absolute atomic E-state index is 0.158. The number of aliphatic hydroxyl groups is 1. The molecule has 1 heterocycles. The number of hydrogen-bond donors (Lipinski definition) is 1. The first-order chi connectivity index (χ1) is 14.4. The molecule has 176 valence electrons. The molecule has 7 nitrogen and oxygen atoms in total. The molecule has 0 aromatic heterocycles. The molecule has 0 aliphatic carbocycles. The average Bonchev–Trinajstić information content (AvgIpc) is 2.66. The third-order valence-corrected chi connectivity index (χ3v) is 6.66. The van der Waals surface area contributed by atoms with Crippen LogP contribution in [0.2, 0.25) is 0 Å². The summed E-state index contributed by atoms with van der Waals surface area (Å²) in [6, 6.07) is 1.31. The summed E-state index contributed by atoms with van der Waals surface area (Å²) in [5.41, 5.74) is -0.527. The largest absolute Gasteiger partial charge is 0.490 e. The third-order valence-electron chi connectivity index (χ3n) is 4.96. The van der Waals surface area contributed by atoms with E-state index in [0.717, 1.165) is 25.3 Å². The highest BCUT2D eigenvalue weighted by Crippen LogP contribution is 2.27. The predicted molar refractivity (Wildman–Crippen MR) is 111 cm³/mol. The number of rotatable bonds is 8. The van der Waals surface area contributed by atoms with E-state index in [0.29, 0.717) is 31.5 Å². The van der Waals surface area contributed by atoms with E-state index in [9.17, 15) is 22.0 Å². The van der Waals surface area contributed by atoms with Gasteiger partial charge in [-0.2, -0.15) is 0 Å². The van der Waals surface area contributed by atoms with Crippen molar-refractivity contribution in [2.75, 3.05) is 32.1 Å². The molecule has 1 aromatic carbocycles. The van der Waals surface area contributed by atoms with E-state index in [2.05, 4.69) is 0 Å². The maximum atomic E-state index is 14.2. The molecule has 0 bridgehead atoms.